The van der Waals surface area contributed by atoms with Gasteiger partial charge in [-0.05, 0) is 13.0 Å². The van der Waals surface area contributed by atoms with Crippen LogP contribution in [0.15, 0.2) is 10.9 Å². The van der Waals surface area contributed by atoms with Crippen molar-refractivity contribution in [2.45, 2.75) is 19.0 Å². The summed E-state index contributed by atoms with van der Waals surface area (Å²) in [5.74, 6) is 0.543. The van der Waals surface area contributed by atoms with Crippen molar-refractivity contribution in [3.63, 3.8) is 0 Å². The lowest BCUT2D eigenvalue weighted by Gasteiger charge is -2.23. The molecule has 7 heteroatoms. The van der Waals surface area contributed by atoms with E-state index in [2.05, 4.69) is 15.6 Å². The van der Waals surface area contributed by atoms with Crippen LogP contribution in [0.5, 0.6) is 0 Å². The first-order valence-electron chi connectivity index (χ1n) is 5.67. The van der Waals surface area contributed by atoms with Gasteiger partial charge in [-0.15, -0.1) is 11.3 Å². The van der Waals surface area contributed by atoms with E-state index in [4.69, 9.17) is 0 Å². The Morgan fingerprint density at radius 2 is 2.47 bits per heavy atom. The predicted molar refractivity (Wildman–Crippen MR) is 68.9 cm³/mol. The molecule has 1 saturated heterocycles. The monoisotopic (exact) mass is 275 g/mol. The lowest BCUT2D eigenvalue weighted by atomic mass is 10.2. The van der Waals surface area contributed by atoms with E-state index in [0.717, 1.165) is 25.2 Å². The highest BCUT2D eigenvalue weighted by Crippen LogP contribution is 2.04. The Bertz CT molecular complexity index is 430. The van der Waals surface area contributed by atoms with Gasteiger partial charge in [0, 0.05) is 24.5 Å². The quantitative estimate of drug-likeness (QED) is 0.741. The molecule has 0 bridgehead atoms. The minimum Gasteiger partial charge on any atom is -0.312 e. The van der Waals surface area contributed by atoms with Gasteiger partial charge in [0.15, 0.2) is 9.84 Å². The average Bonchev–Trinajstić information content (AvgIpc) is 2.76. The number of thiazole rings is 1. The summed E-state index contributed by atoms with van der Waals surface area (Å²) in [5, 5.41) is 8.52. The molecule has 2 heterocycles. The van der Waals surface area contributed by atoms with Gasteiger partial charge in [-0.1, -0.05) is 0 Å². The van der Waals surface area contributed by atoms with Gasteiger partial charge >= 0.3 is 0 Å². The van der Waals surface area contributed by atoms with Crippen molar-refractivity contribution in [1.82, 2.24) is 15.6 Å². The fraction of sp³-hybridized carbons (Fsp3) is 0.700. The van der Waals surface area contributed by atoms with Crippen molar-refractivity contribution in [3.8, 4) is 0 Å². The summed E-state index contributed by atoms with van der Waals surface area (Å²) in [6.07, 6.45) is 0.837. The van der Waals surface area contributed by atoms with Gasteiger partial charge in [-0.25, -0.2) is 13.4 Å². The van der Waals surface area contributed by atoms with E-state index in [1.165, 1.54) is 0 Å². The maximum absolute atomic E-state index is 11.4. The van der Waals surface area contributed by atoms with Crippen molar-refractivity contribution in [3.05, 3.63) is 16.6 Å². The second-order valence-electron chi connectivity index (χ2n) is 4.21. The van der Waals surface area contributed by atoms with Crippen LogP contribution >= 0.6 is 11.3 Å². The Kier molecular flexibility index (Phi) is 4.49. The molecule has 1 aliphatic rings. The first-order valence-corrected chi connectivity index (χ1v) is 8.44. The highest BCUT2D eigenvalue weighted by Gasteiger charge is 2.23. The summed E-state index contributed by atoms with van der Waals surface area (Å²) in [5.41, 5.74) is 2.85. The van der Waals surface area contributed by atoms with Crippen LogP contribution < -0.4 is 10.6 Å². The summed E-state index contributed by atoms with van der Waals surface area (Å²) >= 11 is 1.58. The Hall–Kier alpha value is -0.500. The molecule has 1 unspecified atom stereocenters. The third-order valence-corrected chi connectivity index (χ3v) is 5.13. The van der Waals surface area contributed by atoms with Crippen LogP contribution in [-0.4, -0.2) is 44.0 Å². The molecule has 0 aromatic carbocycles. The summed E-state index contributed by atoms with van der Waals surface area (Å²) in [6, 6.07) is 0.0942. The standard InChI is InChI=1S/C10H17N3O2S2/c14-17(15)4-3-12-9(7-17)1-2-11-5-10-6-16-8-13-10/h6,8-9,11-12H,1-5,7H2. The van der Waals surface area contributed by atoms with Crippen LogP contribution in [-0.2, 0) is 16.4 Å². The van der Waals surface area contributed by atoms with Crippen molar-refractivity contribution in [1.29, 1.82) is 0 Å². The molecule has 0 spiro atoms. The van der Waals surface area contributed by atoms with Gasteiger partial charge in [0.1, 0.15) is 0 Å². The van der Waals surface area contributed by atoms with Gasteiger partial charge in [-0.2, -0.15) is 0 Å². The van der Waals surface area contributed by atoms with Crippen LogP contribution in [0.2, 0.25) is 0 Å². The molecule has 1 aromatic rings. The predicted octanol–water partition coefficient (Wildman–Crippen LogP) is 0.00940. The zero-order chi connectivity index (χ0) is 12.1. The molecule has 17 heavy (non-hydrogen) atoms. The smallest absolute Gasteiger partial charge is 0.153 e. The number of rotatable bonds is 5. The van der Waals surface area contributed by atoms with Crippen molar-refractivity contribution in [2.75, 3.05) is 24.6 Å². The fourth-order valence-electron chi connectivity index (χ4n) is 1.87. The zero-order valence-electron chi connectivity index (χ0n) is 9.55. The summed E-state index contributed by atoms with van der Waals surface area (Å²) < 4.78 is 22.8. The van der Waals surface area contributed by atoms with Gasteiger partial charge in [0.2, 0.25) is 0 Å². The molecule has 0 radical (unpaired) electrons. The van der Waals surface area contributed by atoms with Crippen LogP contribution in [0.25, 0.3) is 0 Å². The molecule has 1 atom stereocenters. The molecule has 2 rings (SSSR count). The van der Waals surface area contributed by atoms with Gasteiger partial charge < -0.3 is 10.6 Å². The third kappa shape index (κ3) is 4.34. The number of sulfone groups is 1. The molecule has 96 valence electrons. The van der Waals surface area contributed by atoms with Crippen LogP contribution in [0, 0.1) is 0 Å². The Morgan fingerprint density at radius 3 is 3.18 bits per heavy atom. The highest BCUT2D eigenvalue weighted by molar-refractivity contribution is 7.91. The van der Waals surface area contributed by atoms with Gasteiger partial charge in [0.25, 0.3) is 0 Å². The van der Waals surface area contributed by atoms with E-state index in [1.807, 2.05) is 10.9 Å². The van der Waals surface area contributed by atoms with E-state index in [0.29, 0.717) is 6.54 Å². The van der Waals surface area contributed by atoms with Gasteiger partial charge in [0.05, 0.1) is 22.7 Å². The van der Waals surface area contributed by atoms with Crippen molar-refractivity contribution in [2.24, 2.45) is 0 Å². The topological polar surface area (TPSA) is 71.1 Å². The van der Waals surface area contributed by atoms with E-state index < -0.39 is 9.84 Å². The average molecular weight is 275 g/mol. The molecule has 1 aliphatic heterocycles. The van der Waals surface area contributed by atoms with Crippen molar-refractivity contribution < 1.29 is 8.42 Å². The fourth-order valence-corrected chi connectivity index (χ4v) is 3.92. The largest absolute Gasteiger partial charge is 0.312 e. The molecule has 0 saturated carbocycles. The summed E-state index contributed by atoms with van der Waals surface area (Å²) in [7, 11) is -2.81. The molecular formula is C10H17N3O2S2. The molecule has 1 fully saturated rings. The molecule has 2 N–H and O–H groups in total. The Labute approximate surface area is 106 Å². The number of hydrogen-bond donors (Lipinski definition) is 2. The third-order valence-electron chi connectivity index (χ3n) is 2.76. The number of aromatic nitrogens is 1. The molecule has 5 nitrogen and oxygen atoms in total. The maximum Gasteiger partial charge on any atom is 0.153 e. The van der Waals surface area contributed by atoms with Crippen LogP contribution in [0.4, 0.5) is 0 Å². The first kappa shape index (κ1) is 12.9. The maximum atomic E-state index is 11.4. The van der Waals surface area contributed by atoms with Crippen molar-refractivity contribution >= 4 is 21.2 Å². The first-order chi connectivity index (χ1) is 8.16. The number of hydrogen-bond acceptors (Lipinski definition) is 6. The van der Waals surface area contributed by atoms with Crippen LogP contribution in [0.1, 0.15) is 12.1 Å². The summed E-state index contributed by atoms with van der Waals surface area (Å²) in [4.78, 5) is 4.17. The normalized spacial score (nSPS) is 23.6. The van der Waals surface area contributed by atoms with E-state index in [1.54, 1.807) is 11.3 Å². The van der Waals surface area contributed by atoms with E-state index in [-0.39, 0.29) is 17.5 Å². The number of nitrogens with one attached hydrogen (secondary N) is 2. The minimum absolute atomic E-state index is 0.0942. The molecule has 0 aliphatic carbocycles. The second kappa shape index (κ2) is 5.90. The lowest BCUT2D eigenvalue weighted by molar-refractivity contribution is 0.478. The van der Waals surface area contributed by atoms with Gasteiger partial charge in [-0.3, -0.25) is 0 Å². The SMILES string of the molecule is O=S1(=O)CCNC(CCNCc2cscn2)C1. The minimum atomic E-state index is -2.81. The van der Waals surface area contributed by atoms with E-state index >= 15 is 0 Å². The Balaban J connectivity index is 1.65. The zero-order valence-corrected chi connectivity index (χ0v) is 11.2. The highest BCUT2D eigenvalue weighted by atomic mass is 32.2. The van der Waals surface area contributed by atoms with E-state index in [9.17, 15) is 8.42 Å². The second-order valence-corrected chi connectivity index (χ2v) is 7.16. The Morgan fingerprint density at radius 1 is 1.59 bits per heavy atom. The summed E-state index contributed by atoms with van der Waals surface area (Å²) in [6.45, 7) is 2.15. The molecule has 0 amide bonds. The molecular weight excluding hydrogens is 258 g/mol. The van der Waals surface area contributed by atoms with Crippen LogP contribution in [0.3, 0.4) is 0 Å². The molecule has 1 aromatic heterocycles. The lowest BCUT2D eigenvalue weighted by Crippen LogP contribution is -2.46. The number of nitrogens with zero attached hydrogens (tertiary/aromatic N) is 1.